The minimum absolute atomic E-state index is 0.0762. The van der Waals surface area contributed by atoms with E-state index < -0.39 is 11.7 Å². The lowest BCUT2D eigenvalue weighted by Crippen LogP contribution is -2.08. The van der Waals surface area contributed by atoms with E-state index in [-0.39, 0.29) is 5.69 Å². The summed E-state index contributed by atoms with van der Waals surface area (Å²) in [7, 11) is 0. The van der Waals surface area contributed by atoms with Gasteiger partial charge in [-0.15, -0.1) is 0 Å². The number of hydrazone groups is 1. The summed E-state index contributed by atoms with van der Waals surface area (Å²) < 4.78 is 42.3. The third-order valence-corrected chi connectivity index (χ3v) is 4.90. The van der Waals surface area contributed by atoms with Crippen LogP contribution >= 0.6 is 22.6 Å². The van der Waals surface area contributed by atoms with Crippen LogP contribution in [0.15, 0.2) is 59.7 Å². The zero-order chi connectivity index (χ0) is 19.6. The summed E-state index contributed by atoms with van der Waals surface area (Å²) in [5.41, 5.74) is 5.54. The van der Waals surface area contributed by atoms with Crippen LogP contribution in [-0.4, -0.2) is 10.8 Å². The van der Waals surface area contributed by atoms with E-state index in [0.717, 1.165) is 32.3 Å². The van der Waals surface area contributed by atoms with E-state index in [1.165, 1.54) is 18.2 Å². The molecule has 27 heavy (non-hydrogen) atoms. The van der Waals surface area contributed by atoms with Crippen LogP contribution in [0.5, 0.6) is 0 Å². The number of nitrogens with zero attached hydrogens (tertiary/aromatic N) is 2. The lowest BCUT2D eigenvalue weighted by molar-refractivity contribution is -0.136. The highest BCUT2D eigenvalue weighted by Gasteiger charge is 2.33. The van der Waals surface area contributed by atoms with Gasteiger partial charge in [0.15, 0.2) is 0 Å². The molecule has 0 spiro atoms. The van der Waals surface area contributed by atoms with Gasteiger partial charge in [-0.05, 0) is 78.9 Å². The fraction of sp³-hybridized carbons (Fsp3) is 0.150. The predicted molar refractivity (Wildman–Crippen MR) is 111 cm³/mol. The number of aromatic nitrogens is 1. The molecule has 1 N–H and O–H groups in total. The van der Waals surface area contributed by atoms with Crippen molar-refractivity contribution in [1.29, 1.82) is 0 Å². The van der Waals surface area contributed by atoms with Crippen molar-refractivity contribution >= 4 is 34.5 Å². The number of anilines is 1. The maximum Gasteiger partial charge on any atom is 0.418 e. The van der Waals surface area contributed by atoms with Crippen molar-refractivity contribution in [3.05, 3.63) is 80.7 Å². The molecule has 2 aromatic carbocycles. The Bertz CT molecular complexity index is 973. The highest BCUT2D eigenvalue weighted by Crippen LogP contribution is 2.34. The van der Waals surface area contributed by atoms with Crippen LogP contribution in [-0.2, 0) is 6.18 Å². The van der Waals surface area contributed by atoms with Gasteiger partial charge in [-0.2, -0.15) is 18.3 Å². The van der Waals surface area contributed by atoms with Crippen LogP contribution in [0.2, 0.25) is 0 Å². The molecule has 1 aromatic heterocycles. The van der Waals surface area contributed by atoms with E-state index in [1.54, 1.807) is 6.21 Å². The van der Waals surface area contributed by atoms with Gasteiger partial charge in [0.1, 0.15) is 0 Å². The maximum atomic E-state index is 13.0. The highest BCUT2D eigenvalue weighted by molar-refractivity contribution is 14.1. The molecule has 0 unspecified atom stereocenters. The van der Waals surface area contributed by atoms with E-state index in [9.17, 15) is 13.2 Å². The normalized spacial score (nSPS) is 11.9. The average Bonchev–Trinajstić information content (AvgIpc) is 2.89. The number of halogens is 4. The van der Waals surface area contributed by atoms with Gasteiger partial charge in [-0.25, -0.2) is 0 Å². The first-order valence-electron chi connectivity index (χ1n) is 8.17. The molecule has 0 saturated carbocycles. The van der Waals surface area contributed by atoms with E-state index in [2.05, 4.69) is 37.7 Å². The summed E-state index contributed by atoms with van der Waals surface area (Å²) in [5.74, 6) is 0. The van der Waals surface area contributed by atoms with Crippen LogP contribution in [0, 0.1) is 17.4 Å². The van der Waals surface area contributed by atoms with E-state index in [1.807, 2.05) is 44.2 Å². The molecule has 1 heterocycles. The van der Waals surface area contributed by atoms with Crippen molar-refractivity contribution in [1.82, 2.24) is 4.57 Å². The summed E-state index contributed by atoms with van der Waals surface area (Å²) in [6.45, 7) is 3.94. The van der Waals surface area contributed by atoms with E-state index in [4.69, 9.17) is 0 Å². The smallest absolute Gasteiger partial charge is 0.318 e. The third-order valence-electron chi connectivity index (χ3n) is 4.18. The molecule has 0 saturated heterocycles. The number of rotatable bonds is 4. The Balaban J connectivity index is 1.86. The molecule has 0 radical (unpaired) electrons. The molecule has 0 aliphatic carbocycles. The van der Waals surface area contributed by atoms with Gasteiger partial charge in [0.25, 0.3) is 0 Å². The van der Waals surface area contributed by atoms with E-state index in [0.29, 0.717) is 0 Å². The second-order valence-corrected chi connectivity index (χ2v) is 7.30. The molecule has 140 valence electrons. The quantitative estimate of drug-likeness (QED) is 0.269. The molecule has 0 aliphatic rings. The monoisotopic (exact) mass is 483 g/mol. The Morgan fingerprint density at radius 1 is 1.04 bits per heavy atom. The Morgan fingerprint density at radius 3 is 2.37 bits per heavy atom. The number of hydrogen-bond acceptors (Lipinski definition) is 2. The van der Waals surface area contributed by atoms with Crippen molar-refractivity contribution in [2.75, 3.05) is 5.43 Å². The van der Waals surface area contributed by atoms with Gasteiger partial charge in [0.05, 0.1) is 17.5 Å². The molecule has 0 aliphatic heterocycles. The van der Waals surface area contributed by atoms with Crippen molar-refractivity contribution in [2.24, 2.45) is 5.10 Å². The summed E-state index contributed by atoms with van der Waals surface area (Å²) >= 11 is 2.25. The molecular weight excluding hydrogens is 466 g/mol. The topological polar surface area (TPSA) is 29.3 Å². The lowest BCUT2D eigenvalue weighted by Gasteiger charge is -2.11. The second-order valence-electron chi connectivity index (χ2n) is 6.05. The summed E-state index contributed by atoms with van der Waals surface area (Å²) in [4.78, 5) is 0. The SMILES string of the molecule is Cc1cc(/C=N/Nc2ccccc2C(F)(F)F)c(C)n1-c1ccc(I)cc1. The standard InChI is InChI=1S/C20H17F3IN3/c1-13-11-15(14(2)27(13)17-9-7-16(24)8-10-17)12-25-26-19-6-4-3-5-18(19)20(21,22)23/h3-12,26H,1-2H3/b25-12+. The molecule has 0 atom stereocenters. The number of aryl methyl sites for hydroxylation is 1. The van der Waals surface area contributed by atoms with Gasteiger partial charge in [0.2, 0.25) is 0 Å². The number of nitrogens with one attached hydrogen (secondary N) is 1. The average molecular weight is 483 g/mol. The Kier molecular flexibility index (Phi) is 5.59. The fourth-order valence-electron chi connectivity index (χ4n) is 2.90. The van der Waals surface area contributed by atoms with Crippen molar-refractivity contribution in [3.63, 3.8) is 0 Å². The minimum Gasteiger partial charge on any atom is -0.318 e. The van der Waals surface area contributed by atoms with E-state index >= 15 is 0 Å². The first-order valence-corrected chi connectivity index (χ1v) is 9.25. The van der Waals surface area contributed by atoms with Crippen LogP contribution in [0.3, 0.4) is 0 Å². The highest BCUT2D eigenvalue weighted by atomic mass is 127. The lowest BCUT2D eigenvalue weighted by atomic mass is 10.2. The molecule has 3 aromatic rings. The zero-order valence-electron chi connectivity index (χ0n) is 14.7. The second kappa shape index (κ2) is 7.75. The molecule has 0 bridgehead atoms. The van der Waals surface area contributed by atoms with Crippen LogP contribution < -0.4 is 5.43 Å². The van der Waals surface area contributed by atoms with Gasteiger partial charge in [-0.3, -0.25) is 5.43 Å². The zero-order valence-corrected chi connectivity index (χ0v) is 16.8. The molecule has 3 nitrogen and oxygen atoms in total. The molecule has 3 rings (SSSR count). The van der Waals surface area contributed by atoms with Crippen LogP contribution in [0.1, 0.15) is 22.5 Å². The van der Waals surface area contributed by atoms with Crippen LogP contribution in [0.25, 0.3) is 5.69 Å². The van der Waals surface area contributed by atoms with Crippen molar-refractivity contribution in [3.8, 4) is 5.69 Å². The minimum atomic E-state index is -4.43. The first kappa shape index (κ1) is 19.5. The fourth-order valence-corrected chi connectivity index (χ4v) is 3.26. The van der Waals surface area contributed by atoms with Crippen molar-refractivity contribution in [2.45, 2.75) is 20.0 Å². The Labute approximate surface area is 169 Å². The maximum absolute atomic E-state index is 13.0. The summed E-state index contributed by atoms with van der Waals surface area (Å²) in [6.07, 6.45) is -2.89. The van der Waals surface area contributed by atoms with Gasteiger partial charge in [0, 0.05) is 26.2 Å². The first-order chi connectivity index (χ1) is 12.8. The van der Waals surface area contributed by atoms with Gasteiger partial charge < -0.3 is 4.57 Å². The van der Waals surface area contributed by atoms with Crippen molar-refractivity contribution < 1.29 is 13.2 Å². The van der Waals surface area contributed by atoms with Gasteiger partial charge >= 0.3 is 6.18 Å². The third kappa shape index (κ3) is 4.35. The number of benzene rings is 2. The molecule has 0 amide bonds. The Hall–Kier alpha value is -2.29. The van der Waals surface area contributed by atoms with Gasteiger partial charge in [-0.1, -0.05) is 12.1 Å². The summed E-state index contributed by atoms with van der Waals surface area (Å²) in [6, 6.07) is 15.3. The molecule has 7 heteroatoms. The largest absolute Gasteiger partial charge is 0.418 e. The number of alkyl halides is 3. The Morgan fingerprint density at radius 2 is 1.70 bits per heavy atom. The molecule has 0 fully saturated rings. The van der Waals surface area contributed by atoms with Crippen LogP contribution in [0.4, 0.5) is 18.9 Å². The predicted octanol–water partition coefficient (Wildman–Crippen LogP) is 6.16. The molecular formula is C20H17F3IN3. The summed E-state index contributed by atoms with van der Waals surface area (Å²) in [5, 5.41) is 4.02. The number of para-hydroxylation sites is 1. The number of hydrogen-bond donors (Lipinski definition) is 1.